The summed E-state index contributed by atoms with van der Waals surface area (Å²) in [7, 11) is 1.45. The van der Waals surface area contributed by atoms with Gasteiger partial charge in [-0.3, -0.25) is 9.59 Å². The maximum absolute atomic E-state index is 11.2. The van der Waals surface area contributed by atoms with E-state index in [0.717, 1.165) is 0 Å². The van der Waals surface area contributed by atoms with Crippen LogP contribution in [0, 0.1) is 6.42 Å². The smallest absolute Gasteiger partial charge is 0.315 e. The van der Waals surface area contributed by atoms with Crippen molar-refractivity contribution in [3.05, 3.63) is 30.2 Å². The molecule has 0 aromatic heterocycles. The van der Waals surface area contributed by atoms with Gasteiger partial charge >= 0.3 is 5.97 Å². The summed E-state index contributed by atoms with van der Waals surface area (Å²) in [6.07, 6.45) is 2.73. The van der Waals surface area contributed by atoms with Crippen LogP contribution in [0.4, 0.5) is 0 Å². The first-order valence-corrected chi connectivity index (χ1v) is 4.89. The Balaban J connectivity index is 2.87. The number of methoxy groups -OCH3 is 1. The van der Waals surface area contributed by atoms with E-state index in [1.54, 1.807) is 6.07 Å². The van der Waals surface area contributed by atoms with Gasteiger partial charge in [-0.25, -0.2) is 0 Å². The highest BCUT2D eigenvalue weighted by Crippen LogP contribution is 2.27. The van der Waals surface area contributed by atoms with Gasteiger partial charge in [0.2, 0.25) is 0 Å². The van der Waals surface area contributed by atoms with Gasteiger partial charge in [0.1, 0.15) is 6.29 Å². The zero-order valence-corrected chi connectivity index (χ0v) is 9.23. The Bertz CT molecular complexity index is 385. The molecule has 1 radical (unpaired) electrons. The Morgan fingerprint density at radius 3 is 2.69 bits per heavy atom. The van der Waals surface area contributed by atoms with E-state index in [4.69, 9.17) is 9.47 Å². The van der Waals surface area contributed by atoms with E-state index in [1.807, 2.05) is 6.92 Å². The molecule has 0 atom stereocenters. The molecule has 1 aromatic rings. The number of carbonyl (C=O) groups is 2. The molecule has 0 N–H and O–H groups in total. The van der Waals surface area contributed by atoms with Crippen molar-refractivity contribution in [1.29, 1.82) is 0 Å². The molecule has 0 aliphatic heterocycles. The number of rotatable bonds is 5. The quantitative estimate of drug-likeness (QED) is 0.433. The van der Waals surface area contributed by atoms with Crippen LogP contribution in [0.25, 0.3) is 0 Å². The molecule has 4 nitrogen and oxygen atoms in total. The Hall–Kier alpha value is -1.84. The lowest BCUT2D eigenvalue weighted by molar-refractivity contribution is -0.130. The fourth-order valence-electron chi connectivity index (χ4n) is 1.16. The molecule has 0 fully saturated rings. The van der Waals surface area contributed by atoms with Crippen LogP contribution in [-0.4, -0.2) is 19.4 Å². The molecule has 0 bridgehead atoms. The summed E-state index contributed by atoms with van der Waals surface area (Å²) in [5.74, 6) is 0.241. The van der Waals surface area contributed by atoms with Crippen molar-refractivity contribution in [1.82, 2.24) is 0 Å². The van der Waals surface area contributed by atoms with Gasteiger partial charge in [-0.05, 0) is 24.6 Å². The van der Waals surface area contributed by atoms with Gasteiger partial charge in [0, 0.05) is 5.56 Å². The molecule has 0 unspecified atom stereocenters. The van der Waals surface area contributed by atoms with E-state index in [1.165, 1.54) is 25.7 Å². The summed E-state index contributed by atoms with van der Waals surface area (Å²) < 4.78 is 10.1. The van der Waals surface area contributed by atoms with Crippen molar-refractivity contribution in [3.63, 3.8) is 0 Å². The largest absolute Gasteiger partial charge is 0.493 e. The summed E-state index contributed by atoms with van der Waals surface area (Å²) in [5.41, 5.74) is 0.469. The van der Waals surface area contributed by atoms with E-state index in [0.29, 0.717) is 29.8 Å². The van der Waals surface area contributed by atoms with Crippen molar-refractivity contribution in [2.45, 2.75) is 13.3 Å². The van der Waals surface area contributed by atoms with Gasteiger partial charge in [0.15, 0.2) is 11.5 Å². The molecule has 0 aliphatic carbocycles. The second-order valence-corrected chi connectivity index (χ2v) is 3.06. The van der Waals surface area contributed by atoms with Gasteiger partial charge in [0.05, 0.1) is 13.5 Å². The van der Waals surface area contributed by atoms with Gasteiger partial charge in [-0.1, -0.05) is 6.92 Å². The van der Waals surface area contributed by atoms with Crippen molar-refractivity contribution < 1.29 is 19.1 Å². The third-order valence-corrected chi connectivity index (χ3v) is 1.91. The lowest BCUT2D eigenvalue weighted by Gasteiger charge is -2.08. The van der Waals surface area contributed by atoms with Crippen LogP contribution in [0.3, 0.4) is 0 Å². The summed E-state index contributed by atoms with van der Waals surface area (Å²) in [4.78, 5) is 21.8. The lowest BCUT2D eigenvalue weighted by Crippen LogP contribution is -2.08. The second kappa shape index (κ2) is 5.90. The number of hydrogen-bond acceptors (Lipinski definition) is 4. The molecule has 0 aliphatic rings. The Labute approximate surface area is 94.2 Å². The van der Waals surface area contributed by atoms with Crippen LogP contribution >= 0.6 is 0 Å². The first-order valence-electron chi connectivity index (χ1n) is 4.89. The molecule has 0 saturated heterocycles. The molecule has 1 aromatic carbocycles. The number of hydrogen-bond donors (Lipinski definition) is 0. The van der Waals surface area contributed by atoms with Crippen LogP contribution in [0.5, 0.6) is 11.5 Å². The molecule has 1 rings (SSSR count). The fourth-order valence-corrected chi connectivity index (χ4v) is 1.16. The fraction of sp³-hybridized carbons (Fsp3) is 0.250. The zero-order valence-electron chi connectivity index (χ0n) is 9.23. The first kappa shape index (κ1) is 12.2. The number of benzene rings is 1. The van der Waals surface area contributed by atoms with E-state index >= 15 is 0 Å². The first-order chi connectivity index (χ1) is 7.71. The van der Waals surface area contributed by atoms with E-state index in [-0.39, 0.29) is 0 Å². The van der Waals surface area contributed by atoms with Gasteiger partial charge in [-0.2, -0.15) is 0 Å². The van der Waals surface area contributed by atoms with Crippen LogP contribution in [0.2, 0.25) is 0 Å². The van der Waals surface area contributed by atoms with Gasteiger partial charge in [0.25, 0.3) is 0 Å². The molecule has 0 heterocycles. The highest BCUT2D eigenvalue weighted by Gasteiger charge is 2.10. The SMILES string of the molecule is CC[CH]C(=O)Oc1ccc(C=O)cc1OC. The van der Waals surface area contributed by atoms with E-state index < -0.39 is 5.97 Å². The van der Waals surface area contributed by atoms with Crippen LogP contribution in [-0.2, 0) is 4.79 Å². The minimum absolute atomic E-state index is 0.308. The average Bonchev–Trinajstić information content (AvgIpc) is 2.30. The standard InChI is InChI=1S/C12H13O4/c1-3-4-12(14)16-10-6-5-9(8-13)7-11(10)15-2/h4-8H,3H2,1-2H3. The van der Waals surface area contributed by atoms with Crippen LogP contribution < -0.4 is 9.47 Å². The number of ether oxygens (including phenoxy) is 2. The summed E-state index contributed by atoms with van der Waals surface area (Å²) in [6, 6.07) is 4.61. The molecule has 85 valence electrons. The molecule has 4 heteroatoms. The van der Waals surface area contributed by atoms with Crippen molar-refractivity contribution in [3.8, 4) is 11.5 Å². The molecule has 0 spiro atoms. The van der Waals surface area contributed by atoms with Crippen molar-refractivity contribution in [2.24, 2.45) is 0 Å². The third kappa shape index (κ3) is 3.08. The maximum atomic E-state index is 11.2. The highest BCUT2D eigenvalue weighted by molar-refractivity contribution is 5.82. The molecule has 16 heavy (non-hydrogen) atoms. The molecule has 0 saturated carbocycles. The maximum Gasteiger partial charge on any atom is 0.315 e. The number of aldehydes is 1. The normalized spacial score (nSPS) is 9.62. The van der Waals surface area contributed by atoms with Crippen molar-refractivity contribution >= 4 is 12.3 Å². The minimum Gasteiger partial charge on any atom is -0.493 e. The van der Waals surface area contributed by atoms with E-state index in [9.17, 15) is 9.59 Å². The highest BCUT2D eigenvalue weighted by atomic mass is 16.6. The summed E-state index contributed by atoms with van der Waals surface area (Å²) in [5, 5.41) is 0. The number of esters is 1. The summed E-state index contributed by atoms with van der Waals surface area (Å²) in [6.45, 7) is 1.84. The topological polar surface area (TPSA) is 52.6 Å². The number of carbonyl (C=O) groups excluding carboxylic acids is 2. The zero-order chi connectivity index (χ0) is 12.0. The monoisotopic (exact) mass is 221 g/mol. The van der Waals surface area contributed by atoms with Gasteiger partial charge < -0.3 is 9.47 Å². The van der Waals surface area contributed by atoms with Crippen molar-refractivity contribution in [2.75, 3.05) is 7.11 Å². The average molecular weight is 221 g/mol. The predicted molar refractivity (Wildman–Crippen MR) is 58.6 cm³/mol. The molecular weight excluding hydrogens is 208 g/mol. The Morgan fingerprint density at radius 2 is 2.12 bits per heavy atom. The Kier molecular flexibility index (Phi) is 4.51. The van der Waals surface area contributed by atoms with E-state index in [2.05, 4.69) is 0 Å². The molecular formula is C12H13O4. The second-order valence-electron chi connectivity index (χ2n) is 3.06. The third-order valence-electron chi connectivity index (χ3n) is 1.91. The Morgan fingerprint density at radius 1 is 1.38 bits per heavy atom. The predicted octanol–water partition coefficient (Wildman–Crippen LogP) is 2.03. The van der Waals surface area contributed by atoms with Crippen LogP contribution in [0.15, 0.2) is 18.2 Å². The minimum atomic E-state index is -0.431. The molecule has 0 amide bonds. The van der Waals surface area contributed by atoms with Gasteiger partial charge in [-0.15, -0.1) is 0 Å². The summed E-state index contributed by atoms with van der Waals surface area (Å²) >= 11 is 0. The van der Waals surface area contributed by atoms with Crippen LogP contribution in [0.1, 0.15) is 23.7 Å². The lowest BCUT2D eigenvalue weighted by atomic mass is 10.2.